The fourth-order valence-electron chi connectivity index (χ4n) is 3.55. The molecule has 1 aromatic carbocycles. The van der Waals surface area contributed by atoms with E-state index in [4.69, 9.17) is 5.41 Å². The van der Waals surface area contributed by atoms with Crippen LogP contribution in [0, 0.1) is 5.41 Å². The van der Waals surface area contributed by atoms with Gasteiger partial charge in [0.15, 0.2) is 5.82 Å². The van der Waals surface area contributed by atoms with Gasteiger partial charge in [-0.05, 0) is 42.7 Å². The number of halogens is 3. The van der Waals surface area contributed by atoms with E-state index in [0.29, 0.717) is 23.3 Å². The highest BCUT2D eigenvalue weighted by molar-refractivity contribution is 6.01. The zero-order chi connectivity index (χ0) is 20.2. The first-order valence-electron chi connectivity index (χ1n) is 9.01. The molecule has 0 atom stereocenters. The molecule has 0 bridgehead atoms. The maximum Gasteiger partial charge on any atom is 0.433 e. The van der Waals surface area contributed by atoms with Crippen molar-refractivity contribution in [1.29, 1.82) is 5.41 Å². The van der Waals surface area contributed by atoms with Gasteiger partial charge in [-0.2, -0.15) is 18.3 Å². The van der Waals surface area contributed by atoms with Gasteiger partial charge in [-0.15, -0.1) is 0 Å². The molecule has 0 saturated heterocycles. The third kappa shape index (κ3) is 2.97. The molecule has 0 saturated carbocycles. The van der Waals surface area contributed by atoms with E-state index in [-0.39, 0.29) is 5.82 Å². The summed E-state index contributed by atoms with van der Waals surface area (Å²) in [5, 5.41) is 13.0. The van der Waals surface area contributed by atoms with Crippen molar-refractivity contribution >= 4 is 16.6 Å². The van der Waals surface area contributed by atoms with Gasteiger partial charge in [-0.1, -0.05) is 24.3 Å². The maximum atomic E-state index is 13.0. The van der Waals surface area contributed by atoms with Gasteiger partial charge >= 0.3 is 6.18 Å². The summed E-state index contributed by atoms with van der Waals surface area (Å²) >= 11 is 0. The number of pyridine rings is 2. The van der Waals surface area contributed by atoms with Crippen molar-refractivity contribution in [2.75, 3.05) is 0 Å². The zero-order valence-electron chi connectivity index (χ0n) is 15.0. The zero-order valence-corrected chi connectivity index (χ0v) is 15.0. The van der Waals surface area contributed by atoms with Crippen LogP contribution in [0.4, 0.5) is 13.2 Å². The number of benzene rings is 1. The summed E-state index contributed by atoms with van der Waals surface area (Å²) in [6.07, 6.45) is -1.41. The Balaban J connectivity index is 1.62. The average molecular weight is 393 g/mol. The van der Waals surface area contributed by atoms with E-state index in [2.05, 4.69) is 15.1 Å². The van der Waals surface area contributed by atoms with Gasteiger partial charge in [0.2, 0.25) is 0 Å². The molecule has 4 aromatic rings. The summed E-state index contributed by atoms with van der Waals surface area (Å²) < 4.78 is 40.5. The maximum absolute atomic E-state index is 13.0. The third-order valence-corrected chi connectivity index (χ3v) is 5.02. The van der Waals surface area contributed by atoms with Crippen LogP contribution in [-0.2, 0) is 12.6 Å². The lowest BCUT2D eigenvalue weighted by atomic mass is 10.1. The molecule has 0 unspecified atom stereocenters. The van der Waals surface area contributed by atoms with Crippen LogP contribution in [0.25, 0.3) is 28.0 Å². The molecular weight excluding hydrogens is 379 g/mol. The van der Waals surface area contributed by atoms with Gasteiger partial charge in [-0.3, -0.25) is 0 Å². The second-order valence-electron chi connectivity index (χ2n) is 6.89. The highest BCUT2D eigenvalue weighted by atomic mass is 19.4. The van der Waals surface area contributed by atoms with Crippen molar-refractivity contribution < 1.29 is 13.2 Å². The number of aromatic nitrogens is 4. The van der Waals surface area contributed by atoms with E-state index in [1.807, 2.05) is 30.3 Å². The van der Waals surface area contributed by atoms with Gasteiger partial charge in [-0.25, -0.2) is 14.6 Å². The molecule has 3 heterocycles. The normalized spacial score (nSPS) is 13.8. The quantitative estimate of drug-likeness (QED) is 0.531. The van der Waals surface area contributed by atoms with Crippen molar-refractivity contribution in [3.05, 3.63) is 71.7 Å². The van der Waals surface area contributed by atoms with Crippen LogP contribution < -0.4 is 0 Å². The first kappa shape index (κ1) is 17.5. The van der Waals surface area contributed by atoms with Gasteiger partial charge in [0, 0.05) is 10.9 Å². The Labute approximate surface area is 163 Å². The Kier molecular flexibility index (Phi) is 3.77. The lowest BCUT2D eigenvalue weighted by Gasteiger charge is -2.09. The predicted molar refractivity (Wildman–Crippen MR) is 102 cm³/mol. The Morgan fingerprint density at radius 1 is 0.966 bits per heavy atom. The molecule has 144 valence electrons. The molecule has 0 fully saturated rings. The minimum atomic E-state index is -4.52. The summed E-state index contributed by atoms with van der Waals surface area (Å²) in [7, 11) is 0. The number of hydrogen-bond donors (Lipinski definition) is 1. The third-order valence-electron chi connectivity index (χ3n) is 5.02. The number of hydrogen-bond acceptors (Lipinski definition) is 4. The van der Waals surface area contributed by atoms with Gasteiger partial charge in [0.1, 0.15) is 5.69 Å². The molecule has 0 amide bonds. The number of aryl methyl sites for hydroxylation is 1. The lowest BCUT2D eigenvalue weighted by Crippen LogP contribution is -2.10. The number of nitrogens with one attached hydrogen (secondary N) is 1. The standard InChI is InChI=1S/C21H14F3N5/c22-21(23,24)18-2-1-3-19(28-18)29-17-10-13(4-5-14(17)11-26-29)16-9-7-12-6-8-15(25)20(12)27-16/h1-5,7,9-11,25H,6,8H2. The molecule has 29 heavy (non-hydrogen) atoms. The van der Waals surface area contributed by atoms with E-state index >= 15 is 0 Å². The van der Waals surface area contributed by atoms with Crippen LogP contribution in [0.1, 0.15) is 23.4 Å². The predicted octanol–water partition coefficient (Wildman–Crippen LogP) is 4.82. The topological polar surface area (TPSA) is 67.5 Å². The second-order valence-corrected chi connectivity index (χ2v) is 6.89. The Bertz CT molecular complexity index is 1270. The molecule has 0 radical (unpaired) electrons. The summed E-state index contributed by atoms with van der Waals surface area (Å²) in [4.78, 5) is 8.35. The smallest absolute Gasteiger partial charge is 0.303 e. The monoisotopic (exact) mass is 393 g/mol. The number of nitrogens with zero attached hydrogens (tertiary/aromatic N) is 4. The van der Waals surface area contributed by atoms with Gasteiger partial charge in [0.05, 0.1) is 28.8 Å². The molecule has 1 N–H and O–H groups in total. The van der Waals surface area contributed by atoms with Crippen molar-refractivity contribution in [3.8, 4) is 17.1 Å². The fraction of sp³-hybridized carbons (Fsp3) is 0.143. The molecule has 1 aliphatic rings. The molecule has 5 rings (SSSR count). The summed E-state index contributed by atoms with van der Waals surface area (Å²) in [5.41, 5.74) is 3.49. The highest BCUT2D eigenvalue weighted by Gasteiger charge is 2.32. The van der Waals surface area contributed by atoms with Gasteiger partial charge in [0.25, 0.3) is 0 Å². The molecular formula is C21H14F3N5. The van der Waals surface area contributed by atoms with E-state index in [1.54, 1.807) is 6.20 Å². The molecule has 0 aliphatic heterocycles. The molecule has 0 spiro atoms. The van der Waals surface area contributed by atoms with Crippen LogP contribution in [-0.4, -0.2) is 25.5 Å². The Hall–Kier alpha value is -3.55. The lowest BCUT2D eigenvalue weighted by molar-refractivity contribution is -0.141. The molecule has 1 aliphatic carbocycles. The summed E-state index contributed by atoms with van der Waals surface area (Å²) in [6.45, 7) is 0. The van der Waals surface area contributed by atoms with Crippen molar-refractivity contribution in [1.82, 2.24) is 19.7 Å². The van der Waals surface area contributed by atoms with E-state index in [9.17, 15) is 13.2 Å². The first-order chi connectivity index (χ1) is 13.9. The van der Waals surface area contributed by atoms with Crippen molar-refractivity contribution in [2.45, 2.75) is 19.0 Å². The average Bonchev–Trinajstić information content (AvgIpc) is 3.30. The molecule has 5 nitrogen and oxygen atoms in total. The minimum Gasteiger partial charge on any atom is -0.303 e. The van der Waals surface area contributed by atoms with Crippen LogP contribution >= 0.6 is 0 Å². The Morgan fingerprint density at radius 2 is 1.83 bits per heavy atom. The van der Waals surface area contributed by atoms with E-state index < -0.39 is 11.9 Å². The van der Waals surface area contributed by atoms with Crippen LogP contribution in [0.15, 0.2) is 54.7 Å². The van der Waals surface area contributed by atoms with Crippen molar-refractivity contribution in [3.63, 3.8) is 0 Å². The number of rotatable bonds is 2. The summed E-state index contributed by atoms with van der Waals surface area (Å²) in [5.74, 6) is 0.0932. The Morgan fingerprint density at radius 3 is 2.66 bits per heavy atom. The summed E-state index contributed by atoms with van der Waals surface area (Å²) in [6, 6.07) is 13.2. The number of fused-ring (bicyclic) bond motifs is 2. The van der Waals surface area contributed by atoms with Crippen LogP contribution in [0.5, 0.6) is 0 Å². The largest absolute Gasteiger partial charge is 0.433 e. The van der Waals surface area contributed by atoms with E-state index in [1.165, 1.54) is 16.8 Å². The minimum absolute atomic E-state index is 0.0932. The molecule has 3 aromatic heterocycles. The molecule has 8 heteroatoms. The highest BCUT2D eigenvalue weighted by Crippen LogP contribution is 2.30. The van der Waals surface area contributed by atoms with Crippen molar-refractivity contribution in [2.24, 2.45) is 0 Å². The SMILES string of the molecule is N=C1CCc2ccc(-c3ccc4cnn(-c5cccc(C(F)(F)F)n5)c4c3)nc21. The van der Waals surface area contributed by atoms with Crippen LogP contribution in [0.3, 0.4) is 0 Å². The number of alkyl halides is 3. The van der Waals surface area contributed by atoms with Gasteiger partial charge < -0.3 is 5.41 Å². The second kappa shape index (κ2) is 6.23. The van der Waals surface area contributed by atoms with E-state index in [0.717, 1.165) is 34.7 Å². The van der Waals surface area contributed by atoms with Crippen LogP contribution in [0.2, 0.25) is 0 Å². The fourth-order valence-corrected chi connectivity index (χ4v) is 3.55. The first-order valence-corrected chi connectivity index (χ1v) is 9.01.